The van der Waals surface area contributed by atoms with Gasteiger partial charge >= 0.3 is 0 Å². The zero-order valence-electron chi connectivity index (χ0n) is 12.7. The van der Waals surface area contributed by atoms with Crippen LogP contribution in [0.4, 0.5) is 0 Å². The van der Waals surface area contributed by atoms with Gasteiger partial charge in [-0.1, -0.05) is 47.4 Å². The van der Waals surface area contributed by atoms with Crippen molar-refractivity contribution in [3.05, 3.63) is 50.7 Å². The molecule has 0 radical (unpaired) electrons. The molecule has 114 valence electrons. The molecule has 0 bridgehead atoms. The van der Waals surface area contributed by atoms with Crippen LogP contribution in [0.2, 0.25) is 5.02 Å². The fraction of sp³-hybridized carbons (Fsp3) is 0.438. The molecule has 1 aromatic heterocycles. The molecule has 1 unspecified atom stereocenters. The smallest absolute Gasteiger partial charge is 0.0837 e. The normalized spacial score (nSPS) is 12.6. The van der Waals surface area contributed by atoms with Crippen molar-refractivity contribution in [2.75, 3.05) is 6.54 Å². The Kier molecular flexibility index (Phi) is 5.85. The second-order valence-electron chi connectivity index (χ2n) is 5.15. The molecule has 0 saturated heterocycles. The molecule has 3 nitrogen and oxygen atoms in total. The van der Waals surface area contributed by atoms with E-state index in [2.05, 4.69) is 65.3 Å². The summed E-state index contributed by atoms with van der Waals surface area (Å²) in [6, 6.07) is 6.49. The molecule has 0 saturated carbocycles. The molecule has 0 aliphatic heterocycles. The van der Waals surface area contributed by atoms with Crippen molar-refractivity contribution >= 4 is 27.5 Å². The number of nitrogens with zero attached hydrogens (tertiary/aromatic N) is 2. The number of benzene rings is 1. The summed E-state index contributed by atoms with van der Waals surface area (Å²) in [5.74, 6) is 0. The Labute approximate surface area is 139 Å². The highest BCUT2D eigenvalue weighted by Gasteiger charge is 2.21. The first-order valence-electron chi connectivity index (χ1n) is 7.28. The van der Waals surface area contributed by atoms with Gasteiger partial charge in [0, 0.05) is 11.0 Å². The molecule has 0 amide bonds. The summed E-state index contributed by atoms with van der Waals surface area (Å²) >= 11 is 9.99. The summed E-state index contributed by atoms with van der Waals surface area (Å²) in [6.07, 6.45) is 2.77. The van der Waals surface area contributed by atoms with Gasteiger partial charge in [0.1, 0.15) is 0 Å². The summed E-state index contributed by atoms with van der Waals surface area (Å²) in [5, 5.41) is 8.66. The van der Waals surface area contributed by atoms with Crippen LogP contribution < -0.4 is 5.32 Å². The van der Waals surface area contributed by atoms with E-state index in [0.29, 0.717) is 5.02 Å². The Balaban J connectivity index is 2.50. The van der Waals surface area contributed by atoms with Crippen LogP contribution in [0.5, 0.6) is 0 Å². The number of hydrogen-bond donors (Lipinski definition) is 1. The average Bonchev–Trinajstić information content (AvgIpc) is 2.77. The molecule has 0 spiro atoms. The highest BCUT2D eigenvalue weighted by molar-refractivity contribution is 9.10. The van der Waals surface area contributed by atoms with Gasteiger partial charge in [0.05, 0.1) is 23.0 Å². The third kappa shape index (κ3) is 3.87. The van der Waals surface area contributed by atoms with E-state index in [1.807, 2.05) is 4.68 Å². The largest absolute Gasteiger partial charge is 0.305 e. The molecule has 21 heavy (non-hydrogen) atoms. The summed E-state index contributed by atoms with van der Waals surface area (Å²) in [5.41, 5.74) is 3.46. The monoisotopic (exact) mass is 369 g/mol. The first-order valence-corrected chi connectivity index (χ1v) is 8.45. The maximum absolute atomic E-state index is 6.41. The Morgan fingerprint density at radius 1 is 1.33 bits per heavy atom. The van der Waals surface area contributed by atoms with Crippen LogP contribution in [0.25, 0.3) is 0 Å². The van der Waals surface area contributed by atoms with E-state index in [1.165, 1.54) is 11.1 Å². The van der Waals surface area contributed by atoms with Crippen molar-refractivity contribution in [3.8, 4) is 0 Å². The third-order valence-corrected chi connectivity index (χ3v) is 4.10. The molecule has 1 heterocycles. The van der Waals surface area contributed by atoms with E-state index in [1.54, 1.807) is 6.20 Å². The Hall–Kier alpha value is -0.840. The molecule has 0 aliphatic rings. The fourth-order valence-electron chi connectivity index (χ4n) is 2.56. The van der Waals surface area contributed by atoms with Gasteiger partial charge in [0.25, 0.3) is 0 Å². The van der Waals surface area contributed by atoms with Crippen LogP contribution in [0.1, 0.15) is 43.1 Å². The van der Waals surface area contributed by atoms with Crippen molar-refractivity contribution in [1.29, 1.82) is 0 Å². The predicted octanol–water partition coefficient (Wildman–Crippen LogP) is 4.72. The van der Waals surface area contributed by atoms with E-state index in [0.717, 1.165) is 29.7 Å². The summed E-state index contributed by atoms with van der Waals surface area (Å²) < 4.78 is 3.09. The SMILES string of the molecule is CCCn1ncc(Cl)c1C(NCC)c1cc(C)cc(Br)c1. The number of aromatic nitrogens is 2. The lowest BCUT2D eigenvalue weighted by molar-refractivity contribution is 0.520. The lowest BCUT2D eigenvalue weighted by Gasteiger charge is -2.21. The third-order valence-electron chi connectivity index (χ3n) is 3.35. The molecule has 5 heteroatoms. The van der Waals surface area contributed by atoms with Gasteiger partial charge in [0.15, 0.2) is 0 Å². The molecule has 0 aliphatic carbocycles. The molecular formula is C16H21BrClN3. The topological polar surface area (TPSA) is 29.9 Å². The molecule has 1 atom stereocenters. The zero-order valence-corrected chi connectivity index (χ0v) is 15.0. The predicted molar refractivity (Wildman–Crippen MR) is 91.9 cm³/mol. The van der Waals surface area contributed by atoms with Crippen molar-refractivity contribution < 1.29 is 0 Å². The quantitative estimate of drug-likeness (QED) is 0.797. The lowest BCUT2D eigenvalue weighted by Crippen LogP contribution is -2.25. The number of hydrogen-bond acceptors (Lipinski definition) is 2. The summed E-state index contributed by atoms with van der Waals surface area (Å²) in [6.45, 7) is 8.08. The van der Waals surface area contributed by atoms with Gasteiger partial charge in [-0.25, -0.2) is 0 Å². The highest BCUT2D eigenvalue weighted by Crippen LogP contribution is 2.30. The van der Waals surface area contributed by atoms with Crippen molar-refractivity contribution in [2.24, 2.45) is 0 Å². The number of halogens is 2. The van der Waals surface area contributed by atoms with E-state index in [-0.39, 0.29) is 6.04 Å². The lowest BCUT2D eigenvalue weighted by atomic mass is 10.0. The first-order chi connectivity index (χ1) is 10.1. The van der Waals surface area contributed by atoms with Gasteiger partial charge in [-0.15, -0.1) is 0 Å². The van der Waals surface area contributed by atoms with Gasteiger partial charge < -0.3 is 5.32 Å². The molecule has 2 rings (SSSR count). The van der Waals surface area contributed by atoms with E-state index in [9.17, 15) is 0 Å². The van der Waals surface area contributed by atoms with Gasteiger partial charge in [-0.05, 0) is 43.1 Å². The Morgan fingerprint density at radius 3 is 2.71 bits per heavy atom. The fourth-order valence-corrected chi connectivity index (χ4v) is 3.43. The summed E-state index contributed by atoms with van der Waals surface area (Å²) in [7, 11) is 0. The molecule has 0 fully saturated rings. The molecule has 1 aromatic carbocycles. The van der Waals surface area contributed by atoms with Gasteiger partial charge in [-0.2, -0.15) is 5.10 Å². The maximum Gasteiger partial charge on any atom is 0.0837 e. The van der Waals surface area contributed by atoms with Crippen LogP contribution in [0, 0.1) is 6.92 Å². The molecule has 2 aromatic rings. The van der Waals surface area contributed by atoms with Crippen LogP contribution in [-0.4, -0.2) is 16.3 Å². The molecular weight excluding hydrogens is 350 g/mol. The summed E-state index contributed by atoms with van der Waals surface area (Å²) in [4.78, 5) is 0. The minimum Gasteiger partial charge on any atom is -0.305 e. The van der Waals surface area contributed by atoms with Gasteiger partial charge in [-0.3, -0.25) is 4.68 Å². The van der Waals surface area contributed by atoms with Crippen molar-refractivity contribution in [1.82, 2.24) is 15.1 Å². The standard InChI is InChI=1S/C16H21BrClN3/c1-4-6-21-16(14(18)10-20-21)15(19-5-2)12-7-11(3)8-13(17)9-12/h7-10,15,19H,4-6H2,1-3H3. The van der Waals surface area contributed by atoms with E-state index in [4.69, 9.17) is 11.6 Å². The minimum absolute atomic E-state index is 0.0488. The Morgan fingerprint density at radius 2 is 2.10 bits per heavy atom. The van der Waals surface area contributed by atoms with Crippen LogP contribution >= 0.6 is 27.5 Å². The van der Waals surface area contributed by atoms with Crippen LogP contribution in [0.3, 0.4) is 0 Å². The first kappa shape index (κ1) is 16.5. The van der Waals surface area contributed by atoms with E-state index < -0.39 is 0 Å². The highest BCUT2D eigenvalue weighted by atomic mass is 79.9. The number of aryl methyl sites for hydroxylation is 2. The number of rotatable bonds is 6. The van der Waals surface area contributed by atoms with Gasteiger partial charge in [0.2, 0.25) is 0 Å². The Bertz CT molecular complexity index is 589. The van der Waals surface area contributed by atoms with Crippen LogP contribution in [0.15, 0.2) is 28.9 Å². The number of nitrogens with one attached hydrogen (secondary N) is 1. The second kappa shape index (κ2) is 7.43. The van der Waals surface area contributed by atoms with Crippen molar-refractivity contribution in [3.63, 3.8) is 0 Å². The molecule has 1 N–H and O–H groups in total. The minimum atomic E-state index is 0.0488. The zero-order chi connectivity index (χ0) is 15.4. The average molecular weight is 371 g/mol. The van der Waals surface area contributed by atoms with Crippen molar-refractivity contribution in [2.45, 2.75) is 39.8 Å². The van der Waals surface area contributed by atoms with Crippen LogP contribution in [-0.2, 0) is 6.54 Å². The second-order valence-corrected chi connectivity index (χ2v) is 6.48. The van der Waals surface area contributed by atoms with E-state index >= 15 is 0 Å². The maximum atomic E-state index is 6.41.